The van der Waals surface area contributed by atoms with Gasteiger partial charge in [-0.3, -0.25) is 10.1 Å². The van der Waals surface area contributed by atoms with Crippen molar-refractivity contribution in [3.63, 3.8) is 0 Å². The predicted octanol–water partition coefficient (Wildman–Crippen LogP) is 3.68. The van der Waals surface area contributed by atoms with Crippen molar-refractivity contribution in [2.45, 2.75) is 6.92 Å². The van der Waals surface area contributed by atoms with Gasteiger partial charge in [-0.15, -0.1) is 0 Å². The van der Waals surface area contributed by atoms with Crippen molar-refractivity contribution in [1.29, 1.82) is 0 Å². The monoisotopic (exact) mass is 440 g/mol. The second-order valence-electron chi connectivity index (χ2n) is 8.38. The van der Waals surface area contributed by atoms with Crippen LogP contribution in [0.25, 0.3) is 38.9 Å². The van der Waals surface area contributed by atoms with Crippen LogP contribution in [0.2, 0.25) is 0 Å². The minimum Gasteiger partial charge on any atom is -0.399 e. The first-order valence-corrected chi connectivity index (χ1v) is 11.1. The molecule has 168 valence electrons. The molecule has 1 aliphatic rings. The lowest BCUT2D eigenvalue weighted by molar-refractivity contribution is 0.313. The van der Waals surface area contributed by atoms with E-state index in [1.165, 1.54) is 0 Å². The number of aromatic nitrogens is 5. The fourth-order valence-corrected chi connectivity index (χ4v) is 4.30. The van der Waals surface area contributed by atoms with Gasteiger partial charge in [-0.25, -0.2) is 4.98 Å². The van der Waals surface area contributed by atoms with E-state index >= 15 is 0 Å². The molecule has 5 rings (SSSR count). The smallest absolute Gasteiger partial charge is 0.181 e. The molecule has 8 heteroatoms. The number of pyridine rings is 2. The molecule has 4 aromatic rings. The van der Waals surface area contributed by atoms with Gasteiger partial charge in [0.25, 0.3) is 0 Å². The fourth-order valence-electron chi connectivity index (χ4n) is 4.30. The predicted molar refractivity (Wildman–Crippen MR) is 135 cm³/mol. The molecule has 0 bridgehead atoms. The van der Waals surface area contributed by atoms with Crippen molar-refractivity contribution >= 4 is 33.2 Å². The maximum absolute atomic E-state index is 5.97. The van der Waals surface area contributed by atoms with Crippen molar-refractivity contribution in [2.75, 3.05) is 38.1 Å². The number of allylic oxidation sites excluding steroid dienone is 4. The number of nitrogens with two attached hydrogens (primary N) is 1. The Bertz CT molecular complexity index is 1380. The third-order valence-corrected chi connectivity index (χ3v) is 6.25. The summed E-state index contributed by atoms with van der Waals surface area (Å²) < 4.78 is 0. The number of hydrogen-bond acceptors (Lipinski definition) is 6. The zero-order valence-corrected chi connectivity index (χ0v) is 19.0. The van der Waals surface area contributed by atoms with Crippen LogP contribution in [0.4, 0.5) is 5.69 Å². The maximum atomic E-state index is 5.97. The normalized spacial score (nSPS) is 16.1. The number of hydrogen-bond donors (Lipinski definition) is 3. The van der Waals surface area contributed by atoms with E-state index in [-0.39, 0.29) is 0 Å². The number of nitrogens with one attached hydrogen (secondary N) is 2. The molecule has 0 aliphatic carbocycles. The molecule has 4 N–H and O–H groups in total. The molecule has 0 saturated carbocycles. The van der Waals surface area contributed by atoms with Crippen LogP contribution in [0.5, 0.6) is 0 Å². The Morgan fingerprint density at radius 3 is 2.70 bits per heavy atom. The van der Waals surface area contributed by atoms with Gasteiger partial charge in [0.05, 0.1) is 35.0 Å². The Morgan fingerprint density at radius 2 is 1.94 bits per heavy atom. The van der Waals surface area contributed by atoms with Gasteiger partial charge in [-0.1, -0.05) is 12.7 Å². The van der Waals surface area contributed by atoms with Crippen LogP contribution in [0.3, 0.4) is 0 Å². The number of likely N-dealkylation sites (N-methyl/N-ethyl adjacent to an activating group) is 1. The number of piperazine rings is 1. The summed E-state index contributed by atoms with van der Waals surface area (Å²) in [5, 5.41) is 9.70. The average molecular weight is 441 g/mol. The molecule has 0 aromatic carbocycles. The van der Waals surface area contributed by atoms with E-state index in [4.69, 9.17) is 5.73 Å². The van der Waals surface area contributed by atoms with E-state index < -0.39 is 0 Å². The molecule has 1 aliphatic heterocycles. The molecule has 0 unspecified atom stereocenters. The highest BCUT2D eigenvalue weighted by molar-refractivity contribution is 5.99. The highest BCUT2D eigenvalue weighted by Gasteiger charge is 2.19. The Hall–Kier alpha value is -3.91. The topological polar surface area (TPSA) is 103 Å². The highest BCUT2D eigenvalue weighted by Crippen LogP contribution is 2.33. The van der Waals surface area contributed by atoms with Gasteiger partial charge in [0.2, 0.25) is 0 Å². The summed E-state index contributed by atoms with van der Waals surface area (Å²) in [6.45, 7) is 9.79. The van der Waals surface area contributed by atoms with E-state index in [0.717, 1.165) is 70.7 Å². The van der Waals surface area contributed by atoms with Crippen LogP contribution in [-0.2, 0) is 0 Å². The Kier molecular flexibility index (Phi) is 5.43. The van der Waals surface area contributed by atoms with Gasteiger partial charge in [-0.05, 0) is 43.8 Å². The number of nitrogens with zero attached hydrogens (tertiary/aromatic N) is 5. The molecule has 1 fully saturated rings. The first-order chi connectivity index (χ1) is 16.1. The summed E-state index contributed by atoms with van der Waals surface area (Å²) in [7, 11) is 2.16. The minimum atomic E-state index is 0.607. The van der Waals surface area contributed by atoms with Crippen molar-refractivity contribution in [3.05, 3.63) is 66.8 Å². The molecule has 33 heavy (non-hydrogen) atoms. The Labute approximate surface area is 192 Å². The van der Waals surface area contributed by atoms with Gasteiger partial charge < -0.3 is 20.5 Å². The number of rotatable bonds is 5. The lowest BCUT2D eigenvalue weighted by Gasteiger charge is -2.34. The van der Waals surface area contributed by atoms with Gasteiger partial charge >= 0.3 is 0 Å². The molecule has 4 aromatic heterocycles. The summed E-state index contributed by atoms with van der Waals surface area (Å²) in [4.78, 5) is 17.3. The zero-order valence-electron chi connectivity index (χ0n) is 19.0. The van der Waals surface area contributed by atoms with Crippen molar-refractivity contribution in [2.24, 2.45) is 5.73 Å². The maximum Gasteiger partial charge on any atom is 0.181 e. The lowest BCUT2D eigenvalue weighted by Crippen LogP contribution is -2.44. The molecule has 5 heterocycles. The minimum absolute atomic E-state index is 0.607. The zero-order chi connectivity index (χ0) is 22.9. The second kappa shape index (κ2) is 8.55. The van der Waals surface area contributed by atoms with Gasteiger partial charge in [0, 0.05) is 54.4 Å². The number of anilines is 1. The Morgan fingerprint density at radius 1 is 1.12 bits per heavy atom. The van der Waals surface area contributed by atoms with E-state index in [1.807, 2.05) is 37.7 Å². The van der Waals surface area contributed by atoms with E-state index in [1.54, 1.807) is 6.08 Å². The third kappa shape index (κ3) is 3.89. The Balaban J connectivity index is 1.57. The lowest BCUT2D eigenvalue weighted by atomic mass is 10.0. The van der Waals surface area contributed by atoms with Crippen molar-refractivity contribution in [1.82, 2.24) is 30.0 Å². The van der Waals surface area contributed by atoms with E-state index in [9.17, 15) is 0 Å². The summed E-state index contributed by atoms with van der Waals surface area (Å²) in [6, 6.07) is 4.27. The van der Waals surface area contributed by atoms with Crippen molar-refractivity contribution in [3.8, 4) is 11.4 Å². The fraction of sp³-hybridized carbons (Fsp3) is 0.240. The van der Waals surface area contributed by atoms with E-state index in [2.05, 4.69) is 60.7 Å². The molecule has 0 amide bonds. The van der Waals surface area contributed by atoms with Gasteiger partial charge in [-0.2, -0.15) is 5.10 Å². The highest BCUT2D eigenvalue weighted by atomic mass is 15.3. The number of fused-ring (bicyclic) bond motifs is 2. The summed E-state index contributed by atoms with van der Waals surface area (Å²) in [6.07, 6.45) is 11.2. The number of H-pyrrole nitrogens is 2. The second-order valence-corrected chi connectivity index (χ2v) is 8.38. The quantitative estimate of drug-likeness (QED) is 0.409. The summed E-state index contributed by atoms with van der Waals surface area (Å²) in [5.41, 5.74) is 13.2. The van der Waals surface area contributed by atoms with E-state index in [0.29, 0.717) is 11.3 Å². The average Bonchev–Trinajstić information content (AvgIpc) is 3.46. The van der Waals surface area contributed by atoms with Crippen molar-refractivity contribution < 1.29 is 0 Å². The van der Waals surface area contributed by atoms with Gasteiger partial charge in [0.15, 0.2) is 5.65 Å². The first-order valence-electron chi connectivity index (χ1n) is 11.1. The summed E-state index contributed by atoms with van der Waals surface area (Å²) in [5.74, 6) is 0. The van der Waals surface area contributed by atoms with Crippen LogP contribution in [-0.4, -0.2) is 63.3 Å². The van der Waals surface area contributed by atoms with Crippen LogP contribution in [0.1, 0.15) is 12.5 Å². The molecular weight excluding hydrogens is 412 g/mol. The first kappa shape index (κ1) is 21.0. The van der Waals surface area contributed by atoms with Gasteiger partial charge in [0.1, 0.15) is 0 Å². The van der Waals surface area contributed by atoms with Crippen LogP contribution >= 0.6 is 0 Å². The molecule has 8 nitrogen and oxygen atoms in total. The number of aromatic amines is 2. The molecule has 0 atom stereocenters. The third-order valence-electron chi connectivity index (χ3n) is 6.25. The molecule has 1 saturated heterocycles. The van der Waals surface area contributed by atoms with Crippen LogP contribution < -0.4 is 10.6 Å². The summed E-state index contributed by atoms with van der Waals surface area (Å²) >= 11 is 0. The van der Waals surface area contributed by atoms with Crippen LogP contribution in [0, 0.1) is 0 Å². The molecular formula is C25H28N8. The SMILES string of the molecule is C=C/C(N)=C\C(=C/C)c1cnc2n[nH]c(-c3cc4c(N5CCN(C)CC5)cncc4[nH]3)c2c1. The molecule has 0 spiro atoms. The standard InChI is InChI=1S/C25H28N8/c1-4-16(10-18(26)5-2)17-11-20-24(30-31-25(20)28-13-17)21-12-19-22(29-21)14-27-15-23(19)33-8-6-32(3)7-9-33/h4-5,10-15,29H,2,6-9,26H2,1,3H3,(H,28,30,31)/b16-4+,18-10+. The largest absolute Gasteiger partial charge is 0.399 e. The molecule has 0 radical (unpaired) electrons. The van der Waals surface area contributed by atoms with Crippen LogP contribution in [0.15, 0.2) is 61.2 Å².